The molecule has 0 radical (unpaired) electrons. The SMILES string of the molecule is CC1(C)NC(=O)N(CCC(=O)NC(C(=O)O)C2CC2)C1=O. The van der Waals surface area contributed by atoms with Crippen LogP contribution < -0.4 is 10.6 Å². The third kappa shape index (κ3) is 3.32. The molecule has 4 amide bonds. The van der Waals surface area contributed by atoms with Crippen molar-refractivity contribution < 1.29 is 24.3 Å². The van der Waals surface area contributed by atoms with Crippen LogP contribution in [0.5, 0.6) is 0 Å². The molecule has 1 saturated heterocycles. The predicted octanol–water partition coefficient (Wildman–Crippen LogP) is -0.314. The third-order valence-corrected chi connectivity index (χ3v) is 3.68. The number of nitrogens with one attached hydrogen (secondary N) is 2. The van der Waals surface area contributed by atoms with E-state index in [1.807, 2.05) is 0 Å². The summed E-state index contributed by atoms with van der Waals surface area (Å²) in [6.07, 6.45) is 1.47. The maximum absolute atomic E-state index is 11.9. The number of carbonyl (C=O) groups excluding carboxylic acids is 3. The van der Waals surface area contributed by atoms with E-state index in [0.29, 0.717) is 0 Å². The van der Waals surface area contributed by atoms with E-state index in [0.717, 1.165) is 17.7 Å². The number of amides is 4. The van der Waals surface area contributed by atoms with Gasteiger partial charge >= 0.3 is 12.0 Å². The molecule has 2 rings (SSSR count). The highest BCUT2D eigenvalue weighted by Gasteiger charge is 2.44. The Labute approximate surface area is 121 Å². The monoisotopic (exact) mass is 297 g/mol. The van der Waals surface area contributed by atoms with E-state index >= 15 is 0 Å². The minimum Gasteiger partial charge on any atom is -0.480 e. The van der Waals surface area contributed by atoms with Gasteiger partial charge in [0.25, 0.3) is 5.91 Å². The van der Waals surface area contributed by atoms with Gasteiger partial charge in [-0.1, -0.05) is 0 Å². The van der Waals surface area contributed by atoms with Crippen molar-refractivity contribution in [1.82, 2.24) is 15.5 Å². The first-order valence-electron chi connectivity index (χ1n) is 6.88. The molecule has 0 bridgehead atoms. The number of aliphatic carboxylic acids is 1. The third-order valence-electron chi connectivity index (χ3n) is 3.68. The Kier molecular flexibility index (Phi) is 3.89. The molecule has 3 N–H and O–H groups in total. The maximum Gasteiger partial charge on any atom is 0.326 e. The number of urea groups is 1. The largest absolute Gasteiger partial charge is 0.480 e. The topological polar surface area (TPSA) is 116 Å². The Hall–Kier alpha value is -2.12. The second kappa shape index (κ2) is 5.34. The number of carbonyl (C=O) groups is 4. The fraction of sp³-hybridized carbons (Fsp3) is 0.692. The number of imide groups is 1. The normalized spacial score (nSPS) is 21.9. The molecule has 0 spiro atoms. The van der Waals surface area contributed by atoms with Crippen LogP contribution in [0.2, 0.25) is 0 Å². The van der Waals surface area contributed by atoms with Crippen LogP contribution >= 0.6 is 0 Å². The van der Waals surface area contributed by atoms with Crippen LogP contribution in [0.1, 0.15) is 33.1 Å². The molecule has 2 aliphatic rings. The van der Waals surface area contributed by atoms with E-state index in [4.69, 9.17) is 5.11 Å². The first-order valence-corrected chi connectivity index (χ1v) is 6.88. The molecule has 0 aromatic carbocycles. The Morgan fingerprint density at radius 2 is 2.05 bits per heavy atom. The Morgan fingerprint density at radius 3 is 2.48 bits per heavy atom. The molecule has 1 saturated carbocycles. The van der Waals surface area contributed by atoms with Crippen LogP contribution in [0.15, 0.2) is 0 Å². The van der Waals surface area contributed by atoms with Crippen molar-refractivity contribution in [3.8, 4) is 0 Å². The molecule has 0 aromatic rings. The average Bonchev–Trinajstić information content (AvgIpc) is 3.15. The Morgan fingerprint density at radius 1 is 1.43 bits per heavy atom. The van der Waals surface area contributed by atoms with Crippen LogP contribution in [0, 0.1) is 5.92 Å². The smallest absolute Gasteiger partial charge is 0.326 e. The van der Waals surface area contributed by atoms with E-state index in [1.54, 1.807) is 13.8 Å². The summed E-state index contributed by atoms with van der Waals surface area (Å²) in [7, 11) is 0. The van der Waals surface area contributed by atoms with Gasteiger partial charge in [-0.15, -0.1) is 0 Å². The van der Waals surface area contributed by atoms with Gasteiger partial charge in [0.15, 0.2) is 0 Å². The van der Waals surface area contributed by atoms with Crippen LogP contribution in [0.4, 0.5) is 4.79 Å². The van der Waals surface area contributed by atoms with E-state index in [1.165, 1.54) is 0 Å². The molecule has 1 heterocycles. The number of hydrogen-bond acceptors (Lipinski definition) is 4. The number of carboxylic acid groups (broad SMARTS) is 1. The van der Waals surface area contributed by atoms with Crippen molar-refractivity contribution in [3.05, 3.63) is 0 Å². The number of carboxylic acids is 1. The van der Waals surface area contributed by atoms with Crippen molar-refractivity contribution >= 4 is 23.8 Å². The predicted molar refractivity (Wildman–Crippen MR) is 71.2 cm³/mol. The fourth-order valence-corrected chi connectivity index (χ4v) is 2.29. The van der Waals surface area contributed by atoms with Gasteiger partial charge in [-0.05, 0) is 32.6 Å². The lowest BCUT2D eigenvalue weighted by molar-refractivity contribution is -0.142. The second-order valence-corrected chi connectivity index (χ2v) is 5.98. The molecule has 21 heavy (non-hydrogen) atoms. The highest BCUT2D eigenvalue weighted by molar-refractivity contribution is 6.06. The zero-order valence-corrected chi connectivity index (χ0v) is 12.0. The van der Waals surface area contributed by atoms with E-state index < -0.39 is 35.4 Å². The molecule has 1 aliphatic carbocycles. The van der Waals surface area contributed by atoms with Crippen molar-refractivity contribution in [3.63, 3.8) is 0 Å². The van der Waals surface area contributed by atoms with Crippen LogP contribution in [-0.4, -0.2) is 51.9 Å². The van der Waals surface area contributed by atoms with Gasteiger partial charge in [0.1, 0.15) is 11.6 Å². The first kappa shape index (κ1) is 15.3. The molecule has 8 heteroatoms. The maximum atomic E-state index is 11.9. The summed E-state index contributed by atoms with van der Waals surface area (Å²) in [5, 5.41) is 14.0. The van der Waals surface area contributed by atoms with Gasteiger partial charge in [0.05, 0.1) is 0 Å². The van der Waals surface area contributed by atoms with Crippen LogP contribution in [-0.2, 0) is 14.4 Å². The zero-order chi connectivity index (χ0) is 15.8. The molecule has 1 aliphatic heterocycles. The summed E-state index contributed by atoms with van der Waals surface area (Å²) in [5.74, 6) is -1.93. The summed E-state index contributed by atoms with van der Waals surface area (Å²) in [6, 6.07) is -1.41. The van der Waals surface area contributed by atoms with Gasteiger partial charge < -0.3 is 15.7 Å². The molecular weight excluding hydrogens is 278 g/mol. The second-order valence-electron chi connectivity index (χ2n) is 5.98. The minimum atomic E-state index is -1.05. The molecule has 1 atom stereocenters. The van der Waals surface area contributed by atoms with E-state index in [9.17, 15) is 19.2 Å². The lowest BCUT2D eigenvalue weighted by atomic mass is 10.1. The van der Waals surface area contributed by atoms with Crippen molar-refractivity contribution in [1.29, 1.82) is 0 Å². The van der Waals surface area contributed by atoms with Gasteiger partial charge in [-0.3, -0.25) is 14.5 Å². The first-order chi connectivity index (χ1) is 9.72. The average molecular weight is 297 g/mol. The van der Waals surface area contributed by atoms with Gasteiger partial charge in [-0.2, -0.15) is 0 Å². The lowest BCUT2D eigenvalue weighted by Gasteiger charge is -2.17. The number of rotatable bonds is 6. The lowest BCUT2D eigenvalue weighted by Crippen LogP contribution is -2.44. The number of nitrogens with zero attached hydrogens (tertiary/aromatic N) is 1. The number of hydrogen-bond donors (Lipinski definition) is 3. The fourth-order valence-electron chi connectivity index (χ4n) is 2.29. The van der Waals surface area contributed by atoms with E-state index in [2.05, 4.69) is 10.6 Å². The van der Waals surface area contributed by atoms with Gasteiger partial charge in [-0.25, -0.2) is 9.59 Å². The van der Waals surface area contributed by atoms with Gasteiger partial charge in [0.2, 0.25) is 5.91 Å². The highest BCUT2D eigenvalue weighted by atomic mass is 16.4. The zero-order valence-electron chi connectivity index (χ0n) is 12.0. The van der Waals surface area contributed by atoms with Gasteiger partial charge in [0, 0.05) is 13.0 Å². The Bertz CT molecular complexity index is 498. The molecule has 1 unspecified atom stereocenters. The summed E-state index contributed by atoms with van der Waals surface area (Å²) in [5.41, 5.74) is -0.967. The van der Waals surface area contributed by atoms with Crippen molar-refractivity contribution in [2.24, 2.45) is 5.92 Å². The Balaban J connectivity index is 1.85. The van der Waals surface area contributed by atoms with E-state index in [-0.39, 0.29) is 18.9 Å². The summed E-state index contributed by atoms with van der Waals surface area (Å²) in [4.78, 5) is 47.3. The summed E-state index contributed by atoms with van der Waals surface area (Å²) >= 11 is 0. The standard InChI is InChI=1S/C13H19N3O5/c1-13(2)11(20)16(12(21)15-13)6-5-8(17)14-9(10(18)19)7-3-4-7/h7,9H,3-6H2,1-2H3,(H,14,17)(H,15,21)(H,18,19). The van der Waals surface area contributed by atoms with Crippen LogP contribution in [0.25, 0.3) is 0 Å². The molecule has 8 nitrogen and oxygen atoms in total. The summed E-state index contributed by atoms with van der Waals surface area (Å²) in [6.45, 7) is 3.11. The highest BCUT2D eigenvalue weighted by Crippen LogP contribution is 2.32. The summed E-state index contributed by atoms with van der Waals surface area (Å²) < 4.78 is 0. The van der Waals surface area contributed by atoms with Crippen LogP contribution in [0.3, 0.4) is 0 Å². The van der Waals surface area contributed by atoms with Crippen molar-refractivity contribution in [2.75, 3.05) is 6.54 Å². The van der Waals surface area contributed by atoms with Crippen molar-refractivity contribution in [2.45, 2.75) is 44.7 Å². The molecule has 116 valence electrons. The molecule has 0 aromatic heterocycles. The quantitative estimate of drug-likeness (QED) is 0.581. The molecular formula is C13H19N3O5. The molecule has 2 fully saturated rings. The minimum absolute atomic E-state index is 0.0119.